The third-order valence-corrected chi connectivity index (χ3v) is 7.35. The van der Waals surface area contributed by atoms with Crippen molar-refractivity contribution in [3.63, 3.8) is 0 Å². The summed E-state index contributed by atoms with van der Waals surface area (Å²) in [6.07, 6.45) is 2.52. The van der Waals surface area contributed by atoms with Crippen molar-refractivity contribution >= 4 is 16.0 Å². The number of piperazine rings is 1. The van der Waals surface area contributed by atoms with Crippen LogP contribution in [0.1, 0.15) is 23.6 Å². The van der Waals surface area contributed by atoms with Gasteiger partial charge < -0.3 is 9.80 Å². The quantitative estimate of drug-likeness (QED) is 0.777. The largest absolute Gasteiger partial charge is 0.354 e. The SMILES string of the molecule is CCN1CCN(c2ccc(CNS(=O)(=O)N3CCc4ccccc4C3)cn2)CC1. The van der Waals surface area contributed by atoms with Crippen LogP contribution in [0.25, 0.3) is 0 Å². The van der Waals surface area contributed by atoms with Crippen molar-refractivity contribution in [2.24, 2.45) is 0 Å². The van der Waals surface area contributed by atoms with Gasteiger partial charge in [0.25, 0.3) is 10.2 Å². The van der Waals surface area contributed by atoms with Crippen molar-refractivity contribution in [2.45, 2.75) is 26.4 Å². The maximum absolute atomic E-state index is 12.7. The van der Waals surface area contributed by atoms with Gasteiger partial charge in [0.05, 0.1) is 0 Å². The van der Waals surface area contributed by atoms with Gasteiger partial charge in [-0.1, -0.05) is 37.3 Å². The summed E-state index contributed by atoms with van der Waals surface area (Å²) in [6.45, 7) is 8.51. The molecule has 7 nitrogen and oxygen atoms in total. The van der Waals surface area contributed by atoms with Gasteiger partial charge in [-0.15, -0.1) is 0 Å². The van der Waals surface area contributed by atoms with E-state index in [9.17, 15) is 8.42 Å². The molecule has 3 heterocycles. The van der Waals surface area contributed by atoms with E-state index in [1.165, 1.54) is 9.87 Å². The summed E-state index contributed by atoms with van der Waals surface area (Å²) in [7, 11) is -3.52. The van der Waals surface area contributed by atoms with Gasteiger partial charge in [-0.05, 0) is 35.7 Å². The number of anilines is 1. The standard InChI is InChI=1S/C21H29N5O2S/c1-2-24-11-13-25(14-12-24)21-8-7-18(15-22-21)16-23-29(27,28)26-10-9-19-5-3-4-6-20(19)17-26/h3-8,15,23H,2,9-14,16-17H2,1H3. The monoisotopic (exact) mass is 415 g/mol. The Morgan fingerprint density at radius 3 is 2.45 bits per heavy atom. The van der Waals surface area contributed by atoms with Crippen LogP contribution in [0.2, 0.25) is 0 Å². The van der Waals surface area contributed by atoms with E-state index >= 15 is 0 Å². The summed E-state index contributed by atoms with van der Waals surface area (Å²) in [4.78, 5) is 9.27. The van der Waals surface area contributed by atoms with Crippen molar-refractivity contribution in [2.75, 3.05) is 44.2 Å². The molecule has 1 N–H and O–H groups in total. The molecular formula is C21H29N5O2S. The Morgan fingerprint density at radius 1 is 1.00 bits per heavy atom. The Hall–Kier alpha value is -2.00. The lowest BCUT2D eigenvalue weighted by Crippen LogP contribution is -2.46. The molecule has 4 rings (SSSR count). The molecule has 0 saturated carbocycles. The molecular weight excluding hydrogens is 386 g/mol. The second kappa shape index (κ2) is 8.79. The highest BCUT2D eigenvalue weighted by molar-refractivity contribution is 7.87. The second-order valence-electron chi connectivity index (χ2n) is 7.62. The molecule has 0 radical (unpaired) electrons. The first kappa shape index (κ1) is 20.3. The second-order valence-corrected chi connectivity index (χ2v) is 9.38. The molecule has 0 spiro atoms. The van der Waals surface area contributed by atoms with Crippen LogP contribution in [-0.2, 0) is 29.7 Å². The zero-order valence-electron chi connectivity index (χ0n) is 16.9. The van der Waals surface area contributed by atoms with Crippen molar-refractivity contribution in [1.29, 1.82) is 0 Å². The highest BCUT2D eigenvalue weighted by Gasteiger charge is 2.26. The van der Waals surface area contributed by atoms with Gasteiger partial charge in [-0.2, -0.15) is 17.4 Å². The van der Waals surface area contributed by atoms with Crippen LogP contribution in [0.3, 0.4) is 0 Å². The summed E-state index contributed by atoms with van der Waals surface area (Å²) in [5, 5.41) is 0. The van der Waals surface area contributed by atoms with Gasteiger partial charge >= 0.3 is 0 Å². The zero-order valence-corrected chi connectivity index (χ0v) is 17.7. The Labute approximate surface area is 173 Å². The molecule has 0 aliphatic carbocycles. The van der Waals surface area contributed by atoms with E-state index in [0.29, 0.717) is 13.1 Å². The Bertz CT molecular complexity index is 924. The van der Waals surface area contributed by atoms with E-state index in [-0.39, 0.29) is 6.54 Å². The first-order valence-corrected chi connectivity index (χ1v) is 11.7. The molecule has 1 aromatic heterocycles. The average molecular weight is 416 g/mol. The van der Waals surface area contributed by atoms with E-state index in [1.54, 1.807) is 6.20 Å². The van der Waals surface area contributed by atoms with E-state index < -0.39 is 10.2 Å². The normalized spacial score (nSPS) is 18.6. The van der Waals surface area contributed by atoms with Crippen LogP contribution in [0.15, 0.2) is 42.6 Å². The highest BCUT2D eigenvalue weighted by atomic mass is 32.2. The molecule has 156 valence electrons. The minimum Gasteiger partial charge on any atom is -0.354 e. The van der Waals surface area contributed by atoms with Gasteiger partial charge in [0.2, 0.25) is 0 Å². The fourth-order valence-electron chi connectivity index (χ4n) is 3.94. The van der Waals surface area contributed by atoms with E-state index in [4.69, 9.17) is 0 Å². The number of fused-ring (bicyclic) bond motifs is 1. The Kier molecular flexibility index (Phi) is 6.15. The minimum absolute atomic E-state index is 0.247. The smallest absolute Gasteiger partial charge is 0.280 e. The third-order valence-electron chi connectivity index (χ3n) is 5.85. The molecule has 1 aromatic carbocycles. The number of pyridine rings is 1. The molecule has 2 aromatic rings. The molecule has 2 aliphatic heterocycles. The maximum atomic E-state index is 12.7. The summed E-state index contributed by atoms with van der Waals surface area (Å²) < 4.78 is 29.7. The van der Waals surface area contributed by atoms with Crippen molar-refractivity contribution < 1.29 is 8.42 Å². The topological polar surface area (TPSA) is 68.8 Å². The Morgan fingerprint density at radius 2 is 1.76 bits per heavy atom. The molecule has 0 bridgehead atoms. The minimum atomic E-state index is -3.52. The number of aromatic nitrogens is 1. The number of likely N-dealkylation sites (N-methyl/N-ethyl adjacent to an activating group) is 1. The number of nitrogens with one attached hydrogen (secondary N) is 1. The van der Waals surface area contributed by atoms with Crippen LogP contribution in [-0.4, -0.2) is 61.9 Å². The lowest BCUT2D eigenvalue weighted by atomic mass is 10.0. The Balaban J connectivity index is 1.33. The number of hydrogen-bond acceptors (Lipinski definition) is 5. The lowest BCUT2D eigenvalue weighted by molar-refractivity contribution is 0.270. The number of hydrogen-bond donors (Lipinski definition) is 1. The van der Waals surface area contributed by atoms with Crippen molar-refractivity contribution in [3.05, 3.63) is 59.3 Å². The van der Waals surface area contributed by atoms with E-state index in [1.807, 2.05) is 30.3 Å². The molecule has 0 unspecified atom stereocenters. The van der Waals surface area contributed by atoms with Crippen LogP contribution < -0.4 is 9.62 Å². The summed E-state index contributed by atoms with van der Waals surface area (Å²) in [5.74, 6) is 0.958. The summed E-state index contributed by atoms with van der Waals surface area (Å²) in [5.41, 5.74) is 3.18. The first-order chi connectivity index (χ1) is 14.0. The summed E-state index contributed by atoms with van der Waals surface area (Å²) >= 11 is 0. The average Bonchev–Trinajstić information content (AvgIpc) is 2.78. The number of benzene rings is 1. The molecule has 8 heteroatoms. The van der Waals surface area contributed by atoms with Gasteiger partial charge in [-0.25, -0.2) is 4.98 Å². The van der Waals surface area contributed by atoms with Crippen LogP contribution in [0, 0.1) is 0 Å². The molecule has 1 fully saturated rings. The molecule has 2 aliphatic rings. The van der Waals surface area contributed by atoms with Crippen LogP contribution >= 0.6 is 0 Å². The lowest BCUT2D eigenvalue weighted by Gasteiger charge is -2.34. The van der Waals surface area contributed by atoms with E-state index in [0.717, 1.165) is 56.1 Å². The number of rotatable bonds is 6. The number of nitrogens with zero attached hydrogens (tertiary/aromatic N) is 4. The predicted molar refractivity (Wildman–Crippen MR) is 115 cm³/mol. The molecule has 0 amide bonds. The fourth-order valence-corrected chi connectivity index (χ4v) is 5.11. The predicted octanol–water partition coefficient (Wildman–Crippen LogP) is 1.62. The first-order valence-electron chi connectivity index (χ1n) is 10.3. The maximum Gasteiger partial charge on any atom is 0.280 e. The van der Waals surface area contributed by atoms with Crippen molar-refractivity contribution in [3.8, 4) is 0 Å². The van der Waals surface area contributed by atoms with E-state index in [2.05, 4.69) is 32.5 Å². The van der Waals surface area contributed by atoms with Crippen LogP contribution in [0.5, 0.6) is 0 Å². The van der Waals surface area contributed by atoms with Gasteiger partial charge in [0.1, 0.15) is 5.82 Å². The van der Waals surface area contributed by atoms with Gasteiger partial charge in [0, 0.05) is 52.0 Å². The van der Waals surface area contributed by atoms with Crippen LogP contribution in [0.4, 0.5) is 5.82 Å². The molecule has 29 heavy (non-hydrogen) atoms. The van der Waals surface area contributed by atoms with Gasteiger partial charge in [0.15, 0.2) is 0 Å². The third kappa shape index (κ3) is 4.78. The summed E-state index contributed by atoms with van der Waals surface area (Å²) in [6, 6.07) is 12.0. The highest BCUT2D eigenvalue weighted by Crippen LogP contribution is 2.20. The molecule has 0 atom stereocenters. The van der Waals surface area contributed by atoms with Gasteiger partial charge in [-0.3, -0.25) is 0 Å². The molecule has 1 saturated heterocycles. The zero-order chi connectivity index (χ0) is 20.3. The van der Waals surface area contributed by atoms with Crippen molar-refractivity contribution in [1.82, 2.24) is 18.9 Å². The fraction of sp³-hybridized carbons (Fsp3) is 0.476.